The van der Waals surface area contributed by atoms with Crippen LogP contribution in [0.2, 0.25) is 0 Å². The van der Waals surface area contributed by atoms with Gasteiger partial charge >= 0.3 is 7.60 Å². The normalized spacial score (nSPS) is 12.7. The number of hydrogen-bond acceptors (Lipinski definition) is 1. The monoisotopic (exact) mass is 324 g/mol. The van der Waals surface area contributed by atoms with Crippen molar-refractivity contribution in [3.05, 3.63) is 59.7 Å². The molecule has 4 heteroatoms. The van der Waals surface area contributed by atoms with E-state index in [9.17, 15) is 14.4 Å². The second kappa shape index (κ2) is 5.04. The minimum Gasteiger partial charge on any atom is -0.324 e. The third kappa shape index (κ3) is 2.33. The number of benzene rings is 4. The first kappa shape index (κ1) is 14.6. The van der Waals surface area contributed by atoms with Crippen LogP contribution in [0.25, 0.3) is 32.3 Å². The highest BCUT2D eigenvalue weighted by Gasteiger charge is 2.19. The maximum Gasteiger partial charge on any atom is 0.329 e. The van der Waals surface area contributed by atoms with Crippen LogP contribution in [0.1, 0.15) is 18.1 Å². The average molecular weight is 324 g/mol. The van der Waals surface area contributed by atoms with Crippen molar-refractivity contribution in [1.82, 2.24) is 0 Å². The van der Waals surface area contributed by atoms with E-state index in [-0.39, 0.29) is 6.16 Å². The molecular weight excluding hydrogens is 307 g/mol. The van der Waals surface area contributed by atoms with E-state index in [1.54, 1.807) is 0 Å². The fourth-order valence-electron chi connectivity index (χ4n) is 3.71. The molecule has 0 heterocycles. The van der Waals surface area contributed by atoms with Crippen LogP contribution in [0.15, 0.2) is 48.5 Å². The van der Waals surface area contributed by atoms with Gasteiger partial charge in [-0.25, -0.2) is 0 Å². The summed E-state index contributed by atoms with van der Waals surface area (Å²) in [5.74, 6) is 0. The third-order valence-corrected chi connectivity index (χ3v) is 5.33. The molecule has 0 saturated heterocycles. The maximum absolute atomic E-state index is 11.5. The summed E-state index contributed by atoms with van der Waals surface area (Å²) in [5.41, 5.74) is 1.80. The van der Waals surface area contributed by atoms with Crippen LogP contribution < -0.4 is 0 Å². The Kier molecular flexibility index (Phi) is 3.21. The molecule has 0 saturated carbocycles. The molecule has 4 rings (SSSR count). The quantitative estimate of drug-likeness (QED) is 0.419. The van der Waals surface area contributed by atoms with Crippen LogP contribution in [0.3, 0.4) is 0 Å². The molecule has 116 valence electrons. The maximum atomic E-state index is 11.5. The largest absolute Gasteiger partial charge is 0.329 e. The first-order valence-electron chi connectivity index (χ1n) is 7.71. The molecule has 0 aliphatic carbocycles. The second-order valence-corrected chi connectivity index (χ2v) is 7.69. The van der Waals surface area contributed by atoms with Gasteiger partial charge in [-0.3, -0.25) is 4.57 Å². The molecule has 4 aromatic carbocycles. The summed E-state index contributed by atoms with van der Waals surface area (Å²) in [6.45, 7) is 2.04. The van der Waals surface area contributed by atoms with Crippen molar-refractivity contribution in [1.29, 1.82) is 0 Å². The van der Waals surface area contributed by atoms with Crippen molar-refractivity contribution in [2.75, 3.05) is 0 Å². The van der Waals surface area contributed by atoms with E-state index in [1.807, 2.05) is 19.1 Å². The fourth-order valence-corrected chi connectivity index (χ4v) is 4.44. The molecule has 0 atom stereocenters. The molecule has 0 fully saturated rings. The molecular formula is C19H17O3P. The van der Waals surface area contributed by atoms with E-state index in [2.05, 4.69) is 36.4 Å². The first-order chi connectivity index (χ1) is 11.0. The van der Waals surface area contributed by atoms with Crippen molar-refractivity contribution in [2.45, 2.75) is 19.5 Å². The summed E-state index contributed by atoms with van der Waals surface area (Å²) in [5, 5.41) is 6.99. The molecule has 23 heavy (non-hydrogen) atoms. The Labute approximate surface area is 134 Å². The van der Waals surface area contributed by atoms with Crippen LogP contribution in [0, 0.1) is 0 Å². The molecule has 4 aromatic rings. The number of aryl methyl sites for hydroxylation is 1. The Morgan fingerprint density at radius 3 is 2.22 bits per heavy atom. The smallest absolute Gasteiger partial charge is 0.324 e. The number of hydrogen-bond donors (Lipinski definition) is 2. The van der Waals surface area contributed by atoms with Crippen LogP contribution in [-0.4, -0.2) is 9.79 Å². The van der Waals surface area contributed by atoms with Gasteiger partial charge in [-0.05, 0) is 49.9 Å². The molecule has 0 amide bonds. The average Bonchev–Trinajstić information content (AvgIpc) is 2.50. The molecule has 0 aliphatic rings. The van der Waals surface area contributed by atoms with Gasteiger partial charge in [0.25, 0.3) is 0 Å². The van der Waals surface area contributed by atoms with Gasteiger partial charge in [0.15, 0.2) is 0 Å². The van der Waals surface area contributed by atoms with Gasteiger partial charge in [-0.1, -0.05) is 55.5 Å². The minimum absolute atomic E-state index is 0.202. The summed E-state index contributed by atoms with van der Waals surface area (Å²) >= 11 is 0. The Balaban J connectivity index is 2.18. The predicted octanol–water partition coefficient (Wildman–Crippen LogP) is 4.82. The summed E-state index contributed by atoms with van der Waals surface area (Å²) in [4.78, 5) is 18.8. The van der Waals surface area contributed by atoms with Gasteiger partial charge in [0.1, 0.15) is 0 Å². The van der Waals surface area contributed by atoms with Gasteiger partial charge in [-0.2, -0.15) is 0 Å². The van der Waals surface area contributed by atoms with Crippen LogP contribution in [0.5, 0.6) is 0 Å². The standard InChI is InChI=1S/C19H17O3P/c1-2-16-15(11-23(20,21)22)10-14-7-6-12-4-3-5-13-8-9-17(16)19(14)18(12)13/h3-10H,2,11H2,1H3,(H2,20,21,22). The zero-order valence-electron chi connectivity index (χ0n) is 12.8. The van der Waals surface area contributed by atoms with Crippen LogP contribution >= 0.6 is 7.60 Å². The Bertz CT molecular complexity index is 1060. The van der Waals surface area contributed by atoms with E-state index in [4.69, 9.17) is 0 Å². The molecule has 2 N–H and O–H groups in total. The molecule has 0 bridgehead atoms. The van der Waals surface area contributed by atoms with Gasteiger partial charge in [0.2, 0.25) is 0 Å². The molecule has 0 spiro atoms. The predicted molar refractivity (Wildman–Crippen MR) is 95.3 cm³/mol. The van der Waals surface area contributed by atoms with E-state index < -0.39 is 7.60 Å². The fraction of sp³-hybridized carbons (Fsp3) is 0.158. The lowest BCUT2D eigenvalue weighted by Crippen LogP contribution is -1.97. The Morgan fingerprint density at radius 2 is 1.57 bits per heavy atom. The summed E-state index contributed by atoms with van der Waals surface area (Å²) in [6.07, 6.45) is 0.552. The first-order valence-corrected chi connectivity index (χ1v) is 9.50. The van der Waals surface area contributed by atoms with Crippen molar-refractivity contribution in [3.63, 3.8) is 0 Å². The topological polar surface area (TPSA) is 57.5 Å². The van der Waals surface area contributed by atoms with E-state index in [1.165, 1.54) is 21.5 Å². The molecule has 0 aromatic heterocycles. The van der Waals surface area contributed by atoms with Crippen molar-refractivity contribution >= 4 is 39.9 Å². The van der Waals surface area contributed by atoms with E-state index in [0.717, 1.165) is 28.3 Å². The SMILES string of the molecule is CCc1c(CP(=O)(O)O)cc2ccc3cccc4ccc1c2c34. The highest BCUT2D eigenvalue weighted by molar-refractivity contribution is 7.50. The lowest BCUT2D eigenvalue weighted by atomic mass is 9.89. The Hall–Kier alpha value is -1.93. The van der Waals surface area contributed by atoms with E-state index >= 15 is 0 Å². The zero-order valence-corrected chi connectivity index (χ0v) is 13.7. The third-order valence-electron chi connectivity index (χ3n) is 4.58. The number of rotatable bonds is 3. The second-order valence-electron chi connectivity index (χ2n) is 6.05. The summed E-state index contributed by atoms with van der Waals surface area (Å²) in [7, 11) is -4.09. The molecule has 3 nitrogen and oxygen atoms in total. The van der Waals surface area contributed by atoms with Gasteiger partial charge in [0.05, 0.1) is 6.16 Å². The van der Waals surface area contributed by atoms with Crippen LogP contribution in [0.4, 0.5) is 0 Å². The van der Waals surface area contributed by atoms with E-state index in [0.29, 0.717) is 0 Å². The minimum atomic E-state index is -4.09. The molecule has 0 radical (unpaired) electrons. The highest BCUT2D eigenvalue weighted by Crippen LogP contribution is 2.44. The lowest BCUT2D eigenvalue weighted by Gasteiger charge is -2.17. The van der Waals surface area contributed by atoms with Crippen LogP contribution in [-0.2, 0) is 17.1 Å². The van der Waals surface area contributed by atoms with Crippen molar-refractivity contribution in [3.8, 4) is 0 Å². The van der Waals surface area contributed by atoms with Gasteiger partial charge in [0, 0.05) is 0 Å². The summed E-state index contributed by atoms with van der Waals surface area (Å²) in [6, 6.07) is 16.5. The van der Waals surface area contributed by atoms with Crippen molar-refractivity contribution < 1.29 is 14.4 Å². The molecule has 0 aliphatic heterocycles. The zero-order chi connectivity index (χ0) is 16.2. The van der Waals surface area contributed by atoms with Gasteiger partial charge < -0.3 is 9.79 Å². The lowest BCUT2D eigenvalue weighted by molar-refractivity contribution is 0.371. The Morgan fingerprint density at radius 1 is 0.913 bits per heavy atom. The summed E-state index contributed by atoms with van der Waals surface area (Å²) < 4.78 is 11.5. The highest BCUT2D eigenvalue weighted by atomic mass is 31.2. The van der Waals surface area contributed by atoms with Crippen molar-refractivity contribution in [2.24, 2.45) is 0 Å². The van der Waals surface area contributed by atoms with Gasteiger partial charge in [-0.15, -0.1) is 0 Å². The molecule has 0 unspecified atom stereocenters.